The zero-order valence-corrected chi connectivity index (χ0v) is 25.8. The molecule has 0 aliphatic rings. The number of rotatable bonds is 4. The second kappa shape index (κ2) is 10.3. The predicted octanol–water partition coefficient (Wildman–Crippen LogP) is 11.2. The number of hydrogen-bond acceptors (Lipinski definition) is 1. The van der Waals surface area contributed by atoms with Crippen LogP contribution < -0.4 is 0 Å². The van der Waals surface area contributed by atoms with Gasteiger partial charge in [0.2, 0.25) is 0 Å². The van der Waals surface area contributed by atoms with Crippen LogP contribution in [-0.2, 0) is 0 Å². The predicted molar refractivity (Wildman–Crippen MR) is 193 cm³/mol. The minimum absolute atomic E-state index is 0.942. The maximum atomic E-state index is 5.07. The third-order valence-electron chi connectivity index (χ3n) is 9.52. The van der Waals surface area contributed by atoms with Crippen LogP contribution in [0.5, 0.6) is 0 Å². The number of hydrogen-bond donors (Lipinski definition) is 0. The summed E-state index contributed by atoms with van der Waals surface area (Å²) in [5.74, 6) is 0.942. The molecule has 0 N–H and O–H groups in total. The Labute approximate surface area is 267 Å². The van der Waals surface area contributed by atoms with Gasteiger partial charge in [-0.3, -0.25) is 4.57 Å². The van der Waals surface area contributed by atoms with E-state index in [2.05, 4.69) is 169 Å². The third-order valence-corrected chi connectivity index (χ3v) is 9.52. The number of para-hydroxylation sites is 3. The fourth-order valence-corrected chi connectivity index (χ4v) is 7.01. The molecule has 0 bridgehead atoms. The van der Waals surface area contributed by atoms with E-state index in [1.807, 2.05) is 6.07 Å². The van der Waals surface area contributed by atoms with Gasteiger partial charge in [-0.05, 0) is 125 Å². The average Bonchev–Trinajstić information content (AvgIpc) is 3.61. The second-order valence-electron chi connectivity index (χ2n) is 12.2. The first-order chi connectivity index (χ1) is 22.6. The van der Waals surface area contributed by atoms with Crippen molar-refractivity contribution in [3.63, 3.8) is 0 Å². The molecule has 0 atom stereocenters. The topological polar surface area (TPSA) is 22.8 Å². The maximum Gasteiger partial charge on any atom is 0.145 e. The zero-order valence-electron chi connectivity index (χ0n) is 25.8. The molecule has 0 saturated carbocycles. The number of benzene rings is 7. The third kappa shape index (κ3) is 4.17. The Kier molecular flexibility index (Phi) is 5.94. The van der Waals surface area contributed by atoms with Gasteiger partial charge in [0, 0.05) is 28.0 Å². The van der Waals surface area contributed by atoms with Gasteiger partial charge in [0.25, 0.3) is 0 Å². The summed E-state index contributed by atoms with van der Waals surface area (Å²) in [5.41, 5.74) is 11.7. The summed E-state index contributed by atoms with van der Waals surface area (Å²) in [6.07, 6.45) is 0. The number of aryl methyl sites for hydroxylation is 1. The van der Waals surface area contributed by atoms with Crippen molar-refractivity contribution in [2.24, 2.45) is 0 Å². The molecular weight excluding hydrogens is 558 g/mol. The van der Waals surface area contributed by atoms with Crippen molar-refractivity contribution in [2.45, 2.75) is 13.8 Å². The highest BCUT2D eigenvalue weighted by Gasteiger charge is 2.17. The molecule has 0 aliphatic carbocycles. The first-order valence-corrected chi connectivity index (χ1v) is 15.8. The summed E-state index contributed by atoms with van der Waals surface area (Å²) < 4.78 is 4.65. The van der Waals surface area contributed by atoms with Gasteiger partial charge in [-0.25, -0.2) is 4.98 Å². The Morgan fingerprint density at radius 2 is 1.04 bits per heavy atom. The summed E-state index contributed by atoms with van der Waals surface area (Å²) in [6, 6.07) is 54.5. The van der Waals surface area contributed by atoms with Crippen molar-refractivity contribution in [1.82, 2.24) is 14.1 Å². The number of nitrogens with zero attached hydrogens (tertiary/aromatic N) is 3. The van der Waals surface area contributed by atoms with Gasteiger partial charge in [-0.15, -0.1) is 0 Å². The van der Waals surface area contributed by atoms with E-state index in [0.717, 1.165) is 33.8 Å². The fraction of sp³-hybridized carbons (Fsp3) is 0.0465. The SMILES string of the molecule is Cc1c(C)n(-c2ccc(-c3nc4ccccc4n3-c3ccccc3)cc2)c2cc3ccc(-c4ccc5ccccc5c4)cc3cc12. The van der Waals surface area contributed by atoms with Gasteiger partial charge in [-0.2, -0.15) is 0 Å². The van der Waals surface area contributed by atoms with Gasteiger partial charge in [-0.1, -0.05) is 78.9 Å². The van der Waals surface area contributed by atoms with Crippen molar-refractivity contribution in [3.05, 3.63) is 163 Å². The van der Waals surface area contributed by atoms with Crippen LogP contribution in [0.15, 0.2) is 152 Å². The summed E-state index contributed by atoms with van der Waals surface area (Å²) >= 11 is 0. The normalized spacial score (nSPS) is 11.7. The molecule has 0 radical (unpaired) electrons. The van der Waals surface area contributed by atoms with E-state index in [9.17, 15) is 0 Å². The van der Waals surface area contributed by atoms with Crippen molar-refractivity contribution in [1.29, 1.82) is 0 Å². The van der Waals surface area contributed by atoms with E-state index in [-0.39, 0.29) is 0 Å². The van der Waals surface area contributed by atoms with Gasteiger partial charge >= 0.3 is 0 Å². The lowest BCUT2D eigenvalue weighted by atomic mass is 9.97. The highest BCUT2D eigenvalue weighted by atomic mass is 15.1. The summed E-state index contributed by atoms with van der Waals surface area (Å²) in [5, 5.41) is 6.32. The van der Waals surface area contributed by atoms with Crippen LogP contribution in [0.3, 0.4) is 0 Å². The molecule has 2 aromatic heterocycles. The van der Waals surface area contributed by atoms with Crippen LogP contribution >= 0.6 is 0 Å². The Morgan fingerprint density at radius 1 is 0.435 bits per heavy atom. The lowest BCUT2D eigenvalue weighted by molar-refractivity contribution is 1.04. The van der Waals surface area contributed by atoms with Crippen LogP contribution in [-0.4, -0.2) is 14.1 Å². The maximum absolute atomic E-state index is 5.07. The van der Waals surface area contributed by atoms with Crippen LogP contribution in [0.25, 0.3) is 77.4 Å². The van der Waals surface area contributed by atoms with Crippen molar-refractivity contribution in [3.8, 4) is 33.9 Å². The number of imidazole rings is 1. The molecule has 0 amide bonds. The number of aromatic nitrogens is 3. The zero-order chi connectivity index (χ0) is 30.8. The molecule has 3 heteroatoms. The fourth-order valence-electron chi connectivity index (χ4n) is 7.01. The van der Waals surface area contributed by atoms with Crippen molar-refractivity contribution in [2.75, 3.05) is 0 Å². The summed E-state index contributed by atoms with van der Waals surface area (Å²) in [7, 11) is 0. The van der Waals surface area contributed by atoms with E-state index in [4.69, 9.17) is 4.98 Å². The van der Waals surface area contributed by atoms with E-state index in [1.165, 1.54) is 54.8 Å². The van der Waals surface area contributed by atoms with Gasteiger partial charge in [0.05, 0.1) is 16.6 Å². The largest absolute Gasteiger partial charge is 0.314 e. The molecule has 3 nitrogen and oxygen atoms in total. The molecule has 0 saturated heterocycles. The lowest BCUT2D eigenvalue weighted by Gasteiger charge is -2.12. The van der Waals surface area contributed by atoms with Gasteiger partial charge in [0.1, 0.15) is 5.82 Å². The minimum atomic E-state index is 0.942. The van der Waals surface area contributed by atoms with Gasteiger partial charge < -0.3 is 4.57 Å². The first-order valence-electron chi connectivity index (χ1n) is 15.8. The van der Waals surface area contributed by atoms with Crippen LogP contribution in [0.2, 0.25) is 0 Å². The molecule has 0 unspecified atom stereocenters. The lowest BCUT2D eigenvalue weighted by Crippen LogP contribution is -1.99. The summed E-state index contributed by atoms with van der Waals surface area (Å²) in [6.45, 7) is 4.47. The molecular formula is C43H31N3. The molecule has 0 spiro atoms. The molecule has 0 aliphatic heterocycles. The van der Waals surface area contributed by atoms with Crippen LogP contribution in [0, 0.1) is 13.8 Å². The Bertz CT molecular complexity index is 2590. The number of fused-ring (bicyclic) bond motifs is 4. The Balaban J connectivity index is 1.13. The average molecular weight is 590 g/mol. The standard InChI is InChI=1S/C43H31N3/c1-28-29(2)45(38-22-20-31(21-23-38)43-44-40-14-8-9-15-41(40)46(43)37-12-4-3-5-13-37)42-27-35-19-18-34(25-36(35)26-39(28)42)33-17-16-30-10-6-7-11-32(30)24-33/h3-27H,1-2H3. The van der Waals surface area contributed by atoms with Crippen molar-refractivity contribution >= 4 is 43.5 Å². The van der Waals surface area contributed by atoms with Crippen LogP contribution in [0.1, 0.15) is 11.3 Å². The molecule has 9 rings (SSSR count). The van der Waals surface area contributed by atoms with Gasteiger partial charge in [0.15, 0.2) is 0 Å². The molecule has 7 aromatic carbocycles. The molecule has 9 aromatic rings. The van der Waals surface area contributed by atoms with Crippen molar-refractivity contribution < 1.29 is 0 Å². The van der Waals surface area contributed by atoms with E-state index >= 15 is 0 Å². The second-order valence-corrected chi connectivity index (χ2v) is 12.2. The van der Waals surface area contributed by atoms with E-state index in [1.54, 1.807) is 0 Å². The Morgan fingerprint density at radius 3 is 1.85 bits per heavy atom. The van der Waals surface area contributed by atoms with E-state index in [0.29, 0.717) is 0 Å². The van der Waals surface area contributed by atoms with E-state index < -0.39 is 0 Å². The molecule has 0 fully saturated rings. The summed E-state index contributed by atoms with van der Waals surface area (Å²) in [4.78, 5) is 5.07. The van der Waals surface area contributed by atoms with Crippen LogP contribution in [0.4, 0.5) is 0 Å². The molecule has 2 heterocycles. The minimum Gasteiger partial charge on any atom is -0.314 e. The first kappa shape index (κ1) is 26.5. The quantitative estimate of drug-likeness (QED) is 0.200. The highest BCUT2D eigenvalue weighted by Crippen LogP contribution is 2.36. The highest BCUT2D eigenvalue weighted by molar-refractivity contribution is 6.02. The molecule has 218 valence electrons. The smallest absolute Gasteiger partial charge is 0.145 e. The Hall–Kier alpha value is -5.93. The molecule has 46 heavy (non-hydrogen) atoms. The monoisotopic (exact) mass is 589 g/mol.